The first kappa shape index (κ1) is 12.9. The fourth-order valence-electron chi connectivity index (χ4n) is 3.09. The lowest BCUT2D eigenvalue weighted by Gasteiger charge is -2.19. The maximum Gasteiger partial charge on any atom is 0.151 e. The molecule has 0 bridgehead atoms. The van der Waals surface area contributed by atoms with E-state index in [2.05, 4.69) is 17.4 Å². The Kier molecular flexibility index (Phi) is 3.27. The van der Waals surface area contributed by atoms with Crippen molar-refractivity contribution in [3.8, 4) is 5.75 Å². The zero-order valence-corrected chi connectivity index (χ0v) is 11.9. The molecule has 4 nitrogen and oxygen atoms in total. The summed E-state index contributed by atoms with van der Waals surface area (Å²) in [5.41, 5.74) is 2.61. The van der Waals surface area contributed by atoms with Gasteiger partial charge in [-0.25, -0.2) is 8.42 Å². The molecule has 1 saturated heterocycles. The van der Waals surface area contributed by atoms with Crippen LogP contribution in [0.2, 0.25) is 0 Å². The molecule has 1 heterocycles. The van der Waals surface area contributed by atoms with Crippen molar-refractivity contribution in [2.24, 2.45) is 0 Å². The maximum absolute atomic E-state index is 11.5. The normalized spacial score (nSPS) is 28.3. The predicted molar refractivity (Wildman–Crippen MR) is 74.3 cm³/mol. The molecular weight excluding hydrogens is 262 g/mol. The first-order chi connectivity index (χ1) is 9.07. The fraction of sp³-hybridized carbons (Fsp3) is 0.571. The van der Waals surface area contributed by atoms with E-state index in [9.17, 15) is 8.42 Å². The van der Waals surface area contributed by atoms with E-state index in [4.69, 9.17) is 4.74 Å². The number of benzene rings is 1. The van der Waals surface area contributed by atoms with Crippen LogP contribution < -0.4 is 10.1 Å². The molecule has 0 aromatic heterocycles. The molecular formula is C14H19NO3S. The number of methoxy groups -OCH3 is 1. The van der Waals surface area contributed by atoms with Crippen LogP contribution in [0.1, 0.15) is 30.0 Å². The lowest BCUT2D eigenvalue weighted by Crippen LogP contribution is -2.32. The summed E-state index contributed by atoms with van der Waals surface area (Å²) < 4.78 is 28.3. The SMILES string of the molecule is COc1ccc2c(c1)C(NC1CCS(=O)(=O)C1)CC2. The number of hydrogen-bond acceptors (Lipinski definition) is 4. The minimum absolute atomic E-state index is 0.104. The third kappa shape index (κ3) is 2.62. The molecule has 2 aliphatic rings. The Labute approximate surface area is 114 Å². The van der Waals surface area contributed by atoms with Crippen LogP contribution in [0.15, 0.2) is 18.2 Å². The van der Waals surface area contributed by atoms with Gasteiger partial charge in [0.25, 0.3) is 0 Å². The van der Waals surface area contributed by atoms with Crippen LogP contribution in [0.5, 0.6) is 5.75 Å². The molecule has 0 spiro atoms. The maximum atomic E-state index is 11.5. The summed E-state index contributed by atoms with van der Waals surface area (Å²) >= 11 is 0. The molecule has 104 valence electrons. The topological polar surface area (TPSA) is 55.4 Å². The van der Waals surface area contributed by atoms with Crippen LogP contribution in [-0.4, -0.2) is 33.1 Å². The van der Waals surface area contributed by atoms with E-state index in [1.165, 1.54) is 11.1 Å². The molecule has 1 aliphatic heterocycles. The highest BCUT2D eigenvalue weighted by atomic mass is 32.2. The first-order valence-corrected chi connectivity index (χ1v) is 8.53. The second-order valence-corrected chi connectivity index (χ2v) is 7.65. The van der Waals surface area contributed by atoms with Gasteiger partial charge in [0.2, 0.25) is 0 Å². The Morgan fingerprint density at radius 1 is 1.32 bits per heavy atom. The van der Waals surface area contributed by atoms with E-state index >= 15 is 0 Å². The highest BCUT2D eigenvalue weighted by Crippen LogP contribution is 2.34. The highest BCUT2D eigenvalue weighted by Gasteiger charge is 2.31. The van der Waals surface area contributed by atoms with Gasteiger partial charge < -0.3 is 10.1 Å². The van der Waals surface area contributed by atoms with E-state index in [-0.39, 0.29) is 17.8 Å². The minimum Gasteiger partial charge on any atom is -0.497 e. The monoisotopic (exact) mass is 281 g/mol. The summed E-state index contributed by atoms with van der Waals surface area (Å²) in [6.07, 6.45) is 2.83. The molecule has 1 aliphatic carbocycles. The lowest BCUT2D eigenvalue weighted by atomic mass is 10.1. The number of rotatable bonds is 3. The van der Waals surface area contributed by atoms with Gasteiger partial charge in [0.15, 0.2) is 9.84 Å². The smallest absolute Gasteiger partial charge is 0.151 e. The van der Waals surface area contributed by atoms with Crippen molar-refractivity contribution in [3.05, 3.63) is 29.3 Å². The molecule has 1 N–H and O–H groups in total. The third-order valence-corrected chi connectivity index (χ3v) is 5.87. The summed E-state index contributed by atoms with van der Waals surface area (Å²) in [5, 5.41) is 3.51. The summed E-state index contributed by atoms with van der Waals surface area (Å²) in [5.74, 6) is 1.47. The molecule has 1 aromatic carbocycles. The minimum atomic E-state index is -2.81. The average molecular weight is 281 g/mol. The Morgan fingerprint density at radius 2 is 2.16 bits per heavy atom. The number of aryl methyl sites for hydroxylation is 1. The number of nitrogens with one attached hydrogen (secondary N) is 1. The van der Waals surface area contributed by atoms with Gasteiger partial charge in [-0.2, -0.15) is 0 Å². The van der Waals surface area contributed by atoms with E-state index < -0.39 is 9.84 Å². The van der Waals surface area contributed by atoms with Gasteiger partial charge in [0.1, 0.15) is 5.75 Å². The van der Waals surface area contributed by atoms with Gasteiger partial charge in [-0.3, -0.25) is 0 Å². The van der Waals surface area contributed by atoms with Crippen molar-refractivity contribution in [1.29, 1.82) is 0 Å². The zero-order chi connectivity index (χ0) is 13.5. The molecule has 5 heteroatoms. The number of fused-ring (bicyclic) bond motifs is 1. The number of hydrogen-bond donors (Lipinski definition) is 1. The fourth-order valence-corrected chi connectivity index (χ4v) is 4.78. The summed E-state index contributed by atoms with van der Waals surface area (Å²) in [7, 11) is -1.15. The number of sulfone groups is 1. The van der Waals surface area contributed by atoms with E-state index in [1.54, 1.807) is 7.11 Å². The standard InChI is InChI=1S/C14H19NO3S/c1-18-12-4-2-10-3-5-14(13(10)8-12)15-11-6-7-19(16,17)9-11/h2,4,8,11,14-15H,3,5-7,9H2,1H3. The largest absolute Gasteiger partial charge is 0.497 e. The van der Waals surface area contributed by atoms with Crippen LogP contribution in [0, 0.1) is 0 Å². The van der Waals surface area contributed by atoms with Gasteiger partial charge >= 0.3 is 0 Å². The number of ether oxygens (including phenoxy) is 1. The second kappa shape index (κ2) is 4.80. The van der Waals surface area contributed by atoms with Crippen LogP contribution in [0.4, 0.5) is 0 Å². The molecule has 3 rings (SSSR count). The van der Waals surface area contributed by atoms with Crippen LogP contribution in [0.25, 0.3) is 0 Å². The quantitative estimate of drug-likeness (QED) is 0.911. The average Bonchev–Trinajstić information content (AvgIpc) is 2.93. The van der Waals surface area contributed by atoms with E-state index in [0.717, 1.165) is 25.0 Å². The predicted octanol–water partition coefficient (Wildman–Crippen LogP) is 1.46. The van der Waals surface area contributed by atoms with Crippen molar-refractivity contribution < 1.29 is 13.2 Å². The van der Waals surface area contributed by atoms with Crippen molar-refractivity contribution >= 4 is 9.84 Å². The van der Waals surface area contributed by atoms with E-state index in [0.29, 0.717) is 5.75 Å². The van der Waals surface area contributed by atoms with Crippen molar-refractivity contribution in [2.75, 3.05) is 18.6 Å². The highest BCUT2D eigenvalue weighted by molar-refractivity contribution is 7.91. The lowest BCUT2D eigenvalue weighted by molar-refractivity contribution is 0.412. The van der Waals surface area contributed by atoms with Gasteiger partial charge in [0, 0.05) is 12.1 Å². The van der Waals surface area contributed by atoms with Crippen LogP contribution in [-0.2, 0) is 16.3 Å². The Balaban J connectivity index is 1.75. The molecule has 0 saturated carbocycles. The van der Waals surface area contributed by atoms with Crippen molar-refractivity contribution in [2.45, 2.75) is 31.3 Å². The van der Waals surface area contributed by atoms with Gasteiger partial charge in [-0.15, -0.1) is 0 Å². The van der Waals surface area contributed by atoms with Crippen molar-refractivity contribution in [3.63, 3.8) is 0 Å². The molecule has 19 heavy (non-hydrogen) atoms. The Morgan fingerprint density at radius 3 is 2.84 bits per heavy atom. The molecule has 2 atom stereocenters. The molecule has 1 aromatic rings. The molecule has 0 amide bonds. The summed E-state index contributed by atoms with van der Waals surface area (Å²) in [6.45, 7) is 0. The third-order valence-electron chi connectivity index (χ3n) is 4.10. The van der Waals surface area contributed by atoms with Crippen molar-refractivity contribution in [1.82, 2.24) is 5.32 Å². The molecule has 2 unspecified atom stereocenters. The van der Waals surface area contributed by atoms with Gasteiger partial charge in [-0.1, -0.05) is 6.07 Å². The van der Waals surface area contributed by atoms with Gasteiger partial charge in [-0.05, 0) is 42.5 Å². The molecule has 1 fully saturated rings. The van der Waals surface area contributed by atoms with Crippen LogP contribution >= 0.6 is 0 Å². The zero-order valence-electron chi connectivity index (χ0n) is 11.1. The Hall–Kier alpha value is -1.07. The first-order valence-electron chi connectivity index (χ1n) is 6.71. The van der Waals surface area contributed by atoms with E-state index in [1.807, 2.05) is 6.07 Å². The molecule has 0 radical (unpaired) electrons. The summed E-state index contributed by atoms with van der Waals surface area (Å²) in [6, 6.07) is 6.54. The van der Waals surface area contributed by atoms with Crippen LogP contribution in [0.3, 0.4) is 0 Å². The van der Waals surface area contributed by atoms with Gasteiger partial charge in [0.05, 0.1) is 18.6 Å². The summed E-state index contributed by atoms with van der Waals surface area (Å²) in [4.78, 5) is 0. The second-order valence-electron chi connectivity index (χ2n) is 5.42. The Bertz CT molecular complexity index is 582.